The Kier molecular flexibility index (Phi) is 21.4. The Morgan fingerprint density at radius 2 is 0.867 bits per heavy atom. The van der Waals surface area contributed by atoms with E-state index in [9.17, 15) is 28.8 Å². The first-order chi connectivity index (χ1) is 38.8. The van der Waals surface area contributed by atoms with Crippen molar-refractivity contribution in [3.8, 4) is 0 Å². The monoisotopic (exact) mass is 1140 g/mol. The number of amides is 6. The molecule has 18 nitrogen and oxygen atoms in total. The highest BCUT2D eigenvalue weighted by Crippen LogP contribution is 2.38. The first kappa shape index (κ1) is 64.5. The summed E-state index contributed by atoms with van der Waals surface area (Å²) in [4.78, 5) is 92.3. The summed E-state index contributed by atoms with van der Waals surface area (Å²) in [5.41, 5.74) is 2.84. The highest BCUT2D eigenvalue weighted by molar-refractivity contribution is 5.91. The third kappa shape index (κ3) is 16.7. The van der Waals surface area contributed by atoms with E-state index in [4.69, 9.17) is 9.47 Å². The maximum Gasteiger partial charge on any atom is 0.408 e. The molecule has 2 aliphatic heterocycles. The van der Waals surface area contributed by atoms with Gasteiger partial charge in [0.15, 0.2) is 0 Å². The Labute approximate surface area is 491 Å². The molecule has 0 radical (unpaired) electrons. The number of carbonyl (C=O) groups excluding carboxylic acids is 6. The third-order valence-corrected chi connectivity index (χ3v) is 15.4. The molecule has 0 bridgehead atoms. The molecule has 4 heterocycles. The van der Waals surface area contributed by atoms with E-state index in [1.165, 1.54) is 0 Å². The average Bonchev–Trinajstić information content (AvgIpc) is 4.17. The van der Waals surface area contributed by atoms with Crippen molar-refractivity contribution in [3.05, 3.63) is 144 Å². The van der Waals surface area contributed by atoms with Crippen LogP contribution in [0, 0.1) is 10.8 Å². The molecule has 0 saturated carbocycles. The van der Waals surface area contributed by atoms with Crippen molar-refractivity contribution in [2.45, 2.75) is 124 Å². The quantitative estimate of drug-likeness (QED) is 0.0678. The van der Waals surface area contributed by atoms with E-state index in [0.717, 1.165) is 44.1 Å². The van der Waals surface area contributed by atoms with Gasteiger partial charge in [-0.2, -0.15) is 0 Å². The van der Waals surface area contributed by atoms with Gasteiger partial charge in [0.1, 0.15) is 23.3 Å². The zero-order valence-corrected chi connectivity index (χ0v) is 50.1. The van der Waals surface area contributed by atoms with Crippen LogP contribution in [-0.4, -0.2) is 167 Å². The van der Waals surface area contributed by atoms with Crippen LogP contribution < -0.4 is 10.6 Å². The van der Waals surface area contributed by atoms with Gasteiger partial charge in [0, 0.05) is 116 Å². The minimum absolute atomic E-state index is 0. The van der Waals surface area contributed by atoms with Crippen molar-refractivity contribution in [2.75, 3.05) is 68.5 Å². The van der Waals surface area contributed by atoms with Crippen molar-refractivity contribution >= 4 is 57.6 Å². The molecule has 2 aliphatic rings. The van der Waals surface area contributed by atoms with E-state index in [1.807, 2.05) is 150 Å². The fraction of sp³-hybridized carbons (Fsp3) is 0.477. The summed E-state index contributed by atoms with van der Waals surface area (Å²) in [5, 5.41) is 14.5. The first-order valence-electron chi connectivity index (χ1n) is 28.4. The topological polar surface area (TPSA) is 196 Å². The molecule has 8 rings (SSSR count). The van der Waals surface area contributed by atoms with Crippen LogP contribution in [0.15, 0.2) is 122 Å². The van der Waals surface area contributed by atoms with Gasteiger partial charge in [-0.1, -0.05) is 104 Å². The van der Waals surface area contributed by atoms with Gasteiger partial charge in [0.2, 0.25) is 23.6 Å². The number of piperidine rings is 2. The van der Waals surface area contributed by atoms with Crippen molar-refractivity contribution in [2.24, 2.45) is 10.8 Å². The number of rotatable bonds is 16. The molecule has 2 saturated heterocycles. The number of carbonyl (C=O) groups is 6. The Hall–Kier alpha value is -7.70. The normalized spacial score (nSPS) is 18.0. The minimum atomic E-state index is -0.863. The van der Waals surface area contributed by atoms with Gasteiger partial charge in [-0.05, 0) is 114 Å². The number of H-pyrrole nitrogens is 2. The van der Waals surface area contributed by atoms with Crippen LogP contribution in [0.2, 0.25) is 0 Å². The molecule has 0 unspecified atom stereocenters. The van der Waals surface area contributed by atoms with Gasteiger partial charge >= 0.3 is 12.2 Å². The number of para-hydroxylation sites is 2. The Morgan fingerprint density at radius 1 is 0.530 bits per heavy atom. The van der Waals surface area contributed by atoms with E-state index in [0.29, 0.717) is 51.6 Å². The molecular formula is C65H90N10O8. The number of benzene rings is 4. The molecule has 6 aromatic rings. The van der Waals surface area contributed by atoms with Crippen molar-refractivity contribution < 1.29 is 38.2 Å². The highest BCUT2D eigenvalue weighted by atomic mass is 16.6. The Bertz CT molecular complexity index is 2940. The van der Waals surface area contributed by atoms with E-state index in [2.05, 4.69) is 20.6 Å². The lowest BCUT2D eigenvalue weighted by atomic mass is 9.74. The fourth-order valence-corrected chi connectivity index (χ4v) is 11.2. The van der Waals surface area contributed by atoms with E-state index >= 15 is 0 Å². The molecule has 83 heavy (non-hydrogen) atoms. The molecule has 6 amide bonds. The van der Waals surface area contributed by atoms with Crippen LogP contribution in [0.25, 0.3) is 21.8 Å². The average molecular weight is 1140 g/mol. The molecular weight excluding hydrogens is 1050 g/mol. The lowest BCUT2D eigenvalue weighted by Gasteiger charge is -2.45. The van der Waals surface area contributed by atoms with Gasteiger partial charge in [-0.25, -0.2) is 19.6 Å². The SMILES string of the molecule is C.CN(C)N(C)C(=O)[C@@]1(Cc2ccccc2)CCCN(C(=O)[C@@H](Cc2c[nH]c3ccccc23)NC(=O)OC(C)(C)C)C1.CN(C)N(C)C(=O)[C@]1(Cc2ccccc2)CCCN(C(=O)[C@@H](Cc2c[nH]c3ccccc23)NC(=O)OC(C)(C)C)C1. The number of likely N-dealkylation sites (tertiary alicyclic amines) is 2. The summed E-state index contributed by atoms with van der Waals surface area (Å²) < 4.78 is 11.1. The maximum absolute atomic E-state index is 14.2. The second-order valence-corrected chi connectivity index (χ2v) is 24.5. The molecule has 2 aromatic heterocycles. The number of aromatic nitrogens is 2. The van der Waals surface area contributed by atoms with E-state index in [-0.39, 0.29) is 57.0 Å². The minimum Gasteiger partial charge on any atom is -0.444 e. The molecule has 4 N–H and O–H groups in total. The summed E-state index contributed by atoms with van der Waals surface area (Å²) >= 11 is 0. The maximum atomic E-state index is 14.2. The molecule has 2 fully saturated rings. The Balaban J connectivity index is 0.000000263. The standard InChI is InChI=1S/2C32H43N5O4.CH4/c2*1-31(2,3)41-30(40)34-27(19-24-21-33-26-16-11-10-15-25(24)26)28(38)37-18-12-17-32(22-37,29(39)36(6)35(4)5)20-23-13-8-7-9-14-23;/h2*7-11,13-16,21,27,33H,12,17-20,22H2,1-6H3,(H,34,40);1H4/t27-,32+;27-,32-;/m11./s1. The lowest BCUT2D eigenvalue weighted by molar-refractivity contribution is -0.160. The van der Waals surface area contributed by atoms with Gasteiger partial charge < -0.3 is 39.9 Å². The van der Waals surface area contributed by atoms with Gasteiger partial charge in [-0.3, -0.25) is 29.2 Å². The number of aromatic amines is 2. The van der Waals surface area contributed by atoms with Crippen molar-refractivity contribution in [1.29, 1.82) is 0 Å². The predicted octanol–water partition coefficient (Wildman–Crippen LogP) is 9.42. The van der Waals surface area contributed by atoms with Gasteiger partial charge in [0.05, 0.1) is 10.8 Å². The predicted molar refractivity (Wildman–Crippen MR) is 327 cm³/mol. The summed E-state index contributed by atoms with van der Waals surface area (Å²) in [6.07, 6.45) is 6.76. The number of hydrazine groups is 2. The lowest BCUT2D eigenvalue weighted by Crippen LogP contribution is -2.59. The van der Waals surface area contributed by atoms with Crippen LogP contribution in [0.1, 0.15) is 96.9 Å². The van der Waals surface area contributed by atoms with Crippen LogP contribution in [0.5, 0.6) is 0 Å². The molecule has 448 valence electrons. The zero-order chi connectivity index (χ0) is 59.6. The Morgan fingerprint density at radius 3 is 1.20 bits per heavy atom. The summed E-state index contributed by atoms with van der Waals surface area (Å²) in [6, 6.07) is 33.9. The fourth-order valence-electron chi connectivity index (χ4n) is 11.2. The number of hydrogen-bond donors (Lipinski definition) is 4. The number of nitrogens with zero attached hydrogens (tertiary/aromatic N) is 6. The number of ether oxygens (including phenoxy) is 2. The molecule has 4 aromatic carbocycles. The molecule has 0 aliphatic carbocycles. The number of fused-ring (bicyclic) bond motifs is 2. The van der Waals surface area contributed by atoms with E-state index < -0.39 is 46.3 Å². The van der Waals surface area contributed by atoms with Gasteiger partial charge in [-0.15, -0.1) is 0 Å². The highest BCUT2D eigenvalue weighted by Gasteiger charge is 2.48. The number of alkyl carbamates (subject to hydrolysis) is 2. The molecule has 4 atom stereocenters. The van der Waals surface area contributed by atoms with Crippen LogP contribution in [0.3, 0.4) is 0 Å². The summed E-state index contributed by atoms with van der Waals surface area (Å²) in [5.74, 6) is -0.508. The smallest absolute Gasteiger partial charge is 0.408 e. The van der Waals surface area contributed by atoms with Crippen molar-refractivity contribution in [3.63, 3.8) is 0 Å². The van der Waals surface area contributed by atoms with Crippen LogP contribution in [0.4, 0.5) is 9.59 Å². The number of nitrogens with one attached hydrogen (secondary N) is 4. The van der Waals surface area contributed by atoms with Crippen LogP contribution >= 0.6 is 0 Å². The van der Waals surface area contributed by atoms with Crippen molar-refractivity contribution in [1.82, 2.24) is 50.4 Å². The largest absolute Gasteiger partial charge is 0.444 e. The summed E-state index contributed by atoms with van der Waals surface area (Å²) in [6.45, 7) is 12.3. The molecule has 0 spiro atoms. The molecule has 18 heteroatoms. The zero-order valence-electron chi connectivity index (χ0n) is 50.1. The first-order valence-corrected chi connectivity index (χ1v) is 28.4. The van der Waals surface area contributed by atoms with E-state index in [1.54, 1.807) is 85.5 Å². The summed E-state index contributed by atoms with van der Waals surface area (Å²) in [7, 11) is 10.9. The third-order valence-electron chi connectivity index (χ3n) is 15.4. The second-order valence-electron chi connectivity index (χ2n) is 24.5. The van der Waals surface area contributed by atoms with Gasteiger partial charge in [0.25, 0.3) is 0 Å². The van der Waals surface area contributed by atoms with Crippen LogP contribution in [-0.2, 0) is 54.3 Å². The second kappa shape index (κ2) is 27.6. The number of hydrogen-bond acceptors (Lipinski definition) is 10.